The third-order valence-electron chi connectivity index (χ3n) is 7.49. The lowest BCUT2D eigenvalue weighted by molar-refractivity contribution is 0.0428. The molecule has 7 nitrogen and oxygen atoms in total. The van der Waals surface area contributed by atoms with Crippen LogP contribution >= 0.6 is 0 Å². The van der Waals surface area contributed by atoms with Gasteiger partial charge in [0.2, 0.25) is 0 Å². The highest BCUT2D eigenvalue weighted by atomic mass is 16.5. The largest absolute Gasteiger partial charge is 0.497 e. The normalized spacial score (nSPS) is 17.3. The molecule has 0 spiro atoms. The number of fused-ring (bicyclic) bond motifs is 4. The van der Waals surface area contributed by atoms with Crippen LogP contribution in [0.25, 0.3) is 22.2 Å². The Kier molecular flexibility index (Phi) is 6.14. The van der Waals surface area contributed by atoms with E-state index in [4.69, 9.17) is 9.47 Å². The van der Waals surface area contributed by atoms with E-state index in [0.717, 1.165) is 40.4 Å². The average molecular weight is 489 g/mol. The summed E-state index contributed by atoms with van der Waals surface area (Å²) in [5, 5.41) is 23.2. The molecule has 1 aliphatic rings. The van der Waals surface area contributed by atoms with Crippen molar-refractivity contribution in [1.82, 2.24) is 9.55 Å². The van der Waals surface area contributed by atoms with Gasteiger partial charge in [-0.2, -0.15) is 0 Å². The molecule has 1 atom stereocenters. The lowest BCUT2D eigenvalue weighted by Crippen LogP contribution is -2.35. The Morgan fingerprint density at radius 2 is 1.94 bits per heavy atom. The molecule has 2 aromatic heterocycles. The molecule has 0 saturated heterocycles. The number of methoxy groups -OCH3 is 2. The third-order valence-corrected chi connectivity index (χ3v) is 7.49. The highest BCUT2D eigenvalue weighted by molar-refractivity contribution is 5.87. The van der Waals surface area contributed by atoms with Crippen LogP contribution in [-0.2, 0) is 25.2 Å². The number of H-pyrrole nitrogens is 1. The van der Waals surface area contributed by atoms with E-state index < -0.39 is 5.60 Å². The van der Waals surface area contributed by atoms with Gasteiger partial charge in [-0.05, 0) is 74.6 Å². The molecular weight excluding hydrogens is 456 g/mol. The van der Waals surface area contributed by atoms with Gasteiger partial charge < -0.3 is 29.2 Å². The summed E-state index contributed by atoms with van der Waals surface area (Å²) in [5.41, 5.74) is 4.62. The average Bonchev–Trinajstić information content (AvgIpc) is 3.33. The van der Waals surface area contributed by atoms with Crippen LogP contribution in [0.2, 0.25) is 0 Å². The first-order valence-electron chi connectivity index (χ1n) is 12.2. The topological polar surface area (TPSA) is 96.7 Å². The van der Waals surface area contributed by atoms with Crippen LogP contribution < -0.4 is 15.0 Å². The lowest BCUT2D eigenvalue weighted by atomic mass is 9.79. The Balaban J connectivity index is 1.88. The molecule has 7 heteroatoms. The van der Waals surface area contributed by atoms with E-state index in [1.54, 1.807) is 38.7 Å². The van der Waals surface area contributed by atoms with Gasteiger partial charge in [-0.1, -0.05) is 0 Å². The number of aliphatic hydroxyl groups excluding tert-OH is 1. The Labute approximate surface area is 209 Å². The van der Waals surface area contributed by atoms with Crippen LogP contribution in [0.5, 0.6) is 11.5 Å². The number of aliphatic hydroxyl groups is 2. The monoisotopic (exact) mass is 488 g/mol. The highest BCUT2D eigenvalue weighted by Gasteiger charge is 2.35. The quantitative estimate of drug-likeness (QED) is 0.387. The second kappa shape index (κ2) is 9.15. The first-order chi connectivity index (χ1) is 17.3. The van der Waals surface area contributed by atoms with Crippen molar-refractivity contribution < 1.29 is 19.7 Å². The second-order valence-corrected chi connectivity index (χ2v) is 9.76. The number of aryl methyl sites for hydroxylation is 1. The predicted molar refractivity (Wildman–Crippen MR) is 140 cm³/mol. The molecule has 2 aromatic carbocycles. The second-order valence-electron chi connectivity index (χ2n) is 9.76. The number of ether oxygens (including phenoxy) is 2. The first-order valence-corrected chi connectivity index (χ1v) is 12.2. The van der Waals surface area contributed by atoms with Crippen LogP contribution in [0.4, 0.5) is 0 Å². The van der Waals surface area contributed by atoms with Crippen molar-refractivity contribution in [3.8, 4) is 22.8 Å². The van der Waals surface area contributed by atoms with Crippen LogP contribution in [0.15, 0.2) is 47.4 Å². The fourth-order valence-corrected chi connectivity index (χ4v) is 5.58. The minimum absolute atomic E-state index is 0.202. The van der Waals surface area contributed by atoms with Crippen molar-refractivity contribution in [1.29, 1.82) is 0 Å². The molecule has 3 N–H and O–H groups in total. The minimum Gasteiger partial charge on any atom is -0.497 e. The zero-order valence-electron chi connectivity index (χ0n) is 21.1. The number of nitrogens with zero attached hydrogens (tertiary/aromatic N) is 1. The molecule has 0 amide bonds. The molecular formula is C29H32N2O5. The Morgan fingerprint density at radius 3 is 2.67 bits per heavy atom. The molecule has 2 heterocycles. The van der Waals surface area contributed by atoms with Gasteiger partial charge in [0.25, 0.3) is 5.56 Å². The van der Waals surface area contributed by atoms with E-state index in [2.05, 4.69) is 17.1 Å². The van der Waals surface area contributed by atoms with E-state index in [1.807, 2.05) is 24.4 Å². The van der Waals surface area contributed by atoms with Gasteiger partial charge in [0, 0.05) is 45.4 Å². The standard InChI is InChI=1S/C29H32N2O5/c1-17-23(16-32)26-27(31(28(17)33)15-20-7-8-21(35-3)14-25(20)36-4)22-12-19-9-11-30-24(19)13-18(22)6-5-10-29(26,2)34/h7-9,11-14,30,32,34H,5-6,10,15-16H2,1-4H3. The number of aromatic nitrogens is 2. The Bertz CT molecular complexity index is 1510. The van der Waals surface area contributed by atoms with Crippen LogP contribution in [0.3, 0.4) is 0 Å². The molecule has 5 rings (SSSR count). The van der Waals surface area contributed by atoms with E-state index >= 15 is 0 Å². The van der Waals surface area contributed by atoms with Crippen molar-refractivity contribution in [3.05, 3.63) is 80.8 Å². The molecule has 0 saturated carbocycles. The summed E-state index contributed by atoms with van der Waals surface area (Å²) in [4.78, 5) is 17.2. The first kappa shape index (κ1) is 24.2. The molecule has 1 aliphatic carbocycles. The summed E-state index contributed by atoms with van der Waals surface area (Å²) in [5.74, 6) is 1.27. The fourth-order valence-electron chi connectivity index (χ4n) is 5.58. The van der Waals surface area contributed by atoms with Crippen molar-refractivity contribution in [2.45, 2.75) is 51.9 Å². The zero-order valence-corrected chi connectivity index (χ0v) is 21.1. The number of rotatable bonds is 5. The number of nitrogens with one attached hydrogen (secondary N) is 1. The zero-order chi connectivity index (χ0) is 25.6. The summed E-state index contributed by atoms with van der Waals surface area (Å²) >= 11 is 0. The molecule has 0 aliphatic heterocycles. The van der Waals surface area contributed by atoms with Crippen molar-refractivity contribution in [2.24, 2.45) is 0 Å². The summed E-state index contributed by atoms with van der Waals surface area (Å²) in [7, 11) is 3.19. The van der Waals surface area contributed by atoms with Crippen molar-refractivity contribution in [3.63, 3.8) is 0 Å². The van der Waals surface area contributed by atoms with Crippen LogP contribution in [-0.4, -0.2) is 34.0 Å². The van der Waals surface area contributed by atoms with Crippen molar-refractivity contribution >= 4 is 10.9 Å². The molecule has 4 aromatic rings. The summed E-state index contributed by atoms with van der Waals surface area (Å²) in [6.45, 7) is 3.42. The maximum Gasteiger partial charge on any atom is 0.254 e. The Morgan fingerprint density at radius 1 is 1.14 bits per heavy atom. The van der Waals surface area contributed by atoms with Crippen LogP contribution in [0.1, 0.15) is 47.6 Å². The van der Waals surface area contributed by atoms with E-state index in [1.165, 1.54) is 0 Å². The van der Waals surface area contributed by atoms with E-state index in [0.29, 0.717) is 40.3 Å². The lowest BCUT2D eigenvalue weighted by Gasteiger charge is -2.34. The van der Waals surface area contributed by atoms with Crippen LogP contribution in [0, 0.1) is 6.92 Å². The summed E-state index contributed by atoms with van der Waals surface area (Å²) < 4.78 is 12.7. The smallest absolute Gasteiger partial charge is 0.254 e. The number of hydrogen-bond acceptors (Lipinski definition) is 5. The third kappa shape index (κ3) is 3.88. The van der Waals surface area contributed by atoms with Gasteiger partial charge in [-0.3, -0.25) is 4.79 Å². The molecule has 0 radical (unpaired) electrons. The summed E-state index contributed by atoms with van der Waals surface area (Å²) in [6, 6.07) is 11.8. The molecule has 36 heavy (non-hydrogen) atoms. The SMILES string of the molecule is COc1ccc(Cn2c3c(c(CO)c(C)c2=O)C(C)(O)CCCc2cc4[nH]ccc4cc2-3)c(OC)c1. The summed E-state index contributed by atoms with van der Waals surface area (Å²) in [6.07, 6.45) is 3.96. The van der Waals surface area contributed by atoms with E-state index in [-0.39, 0.29) is 18.7 Å². The van der Waals surface area contributed by atoms with Gasteiger partial charge in [0.05, 0.1) is 38.7 Å². The molecule has 188 valence electrons. The molecule has 0 bridgehead atoms. The Hall–Kier alpha value is -3.55. The van der Waals surface area contributed by atoms with Crippen molar-refractivity contribution in [2.75, 3.05) is 14.2 Å². The van der Waals surface area contributed by atoms with Gasteiger partial charge >= 0.3 is 0 Å². The van der Waals surface area contributed by atoms with Gasteiger partial charge in [-0.15, -0.1) is 0 Å². The number of aromatic amines is 1. The fraction of sp³-hybridized carbons (Fsp3) is 0.345. The maximum absolute atomic E-state index is 13.9. The molecule has 0 fully saturated rings. The number of pyridine rings is 1. The highest BCUT2D eigenvalue weighted by Crippen LogP contribution is 2.43. The molecule has 1 unspecified atom stereocenters. The van der Waals surface area contributed by atoms with Gasteiger partial charge in [0.15, 0.2) is 0 Å². The van der Waals surface area contributed by atoms with Gasteiger partial charge in [-0.25, -0.2) is 0 Å². The van der Waals surface area contributed by atoms with Gasteiger partial charge in [0.1, 0.15) is 11.5 Å². The predicted octanol–water partition coefficient (Wildman–Crippen LogP) is 4.41. The number of hydrogen-bond donors (Lipinski definition) is 3. The minimum atomic E-state index is -1.22. The number of benzene rings is 2. The van der Waals surface area contributed by atoms with E-state index in [9.17, 15) is 15.0 Å². The maximum atomic E-state index is 13.9.